The Morgan fingerprint density at radius 1 is 1.47 bits per heavy atom. The quantitative estimate of drug-likeness (QED) is 0.926. The van der Waals surface area contributed by atoms with Gasteiger partial charge in [0.25, 0.3) is 0 Å². The Bertz CT molecular complexity index is 475. The number of piperidine rings is 1. The van der Waals surface area contributed by atoms with Crippen molar-refractivity contribution in [3.05, 3.63) is 33.8 Å². The van der Waals surface area contributed by atoms with E-state index in [1.165, 1.54) is 11.1 Å². The lowest BCUT2D eigenvalue weighted by Gasteiger charge is -2.35. The number of aliphatic carboxylic acids is 1. The van der Waals surface area contributed by atoms with E-state index >= 15 is 0 Å². The fourth-order valence-corrected chi connectivity index (χ4v) is 3.24. The van der Waals surface area contributed by atoms with E-state index in [2.05, 4.69) is 40.7 Å². The first-order valence-electron chi connectivity index (χ1n) is 6.66. The summed E-state index contributed by atoms with van der Waals surface area (Å²) in [4.78, 5) is 13.5. The predicted octanol–water partition coefficient (Wildman–Crippen LogP) is 3.30. The van der Waals surface area contributed by atoms with Crippen molar-refractivity contribution in [1.82, 2.24) is 4.90 Å². The number of hydrogen-bond donors (Lipinski definition) is 1. The standard InChI is InChI=1S/C15H20BrNO2/c1-10-6-13(15(18)19)9-17(7-10)8-12-4-3-5-14(16)11(12)2/h3-5,10,13H,6-9H2,1-2H3,(H,18,19). The van der Waals surface area contributed by atoms with Crippen LogP contribution in [-0.4, -0.2) is 29.1 Å². The summed E-state index contributed by atoms with van der Waals surface area (Å²) in [5.41, 5.74) is 2.51. The molecule has 104 valence electrons. The van der Waals surface area contributed by atoms with Crippen LogP contribution in [0.4, 0.5) is 0 Å². The van der Waals surface area contributed by atoms with Gasteiger partial charge in [0.05, 0.1) is 5.92 Å². The topological polar surface area (TPSA) is 40.5 Å². The van der Waals surface area contributed by atoms with Gasteiger partial charge in [0.1, 0.15) is 0 Å². The summed E-state index contributed by atoms with van der Waals surface area (Å²) in [6.45, 7) is 6.71. The molecule has 1 aliphatic heterocycles. The van der Waals surface area contributed by atoms with Crippen molar-refractivity contribution in [3.63, 3.8) is 0 Å². The maximum atomic E-state index is 11.2. The minimum Gasteiger partial charge on any atom is -0.481 e. The molecule has 2 atom stereocenters. The Hall–Kier alpha value is -0.870. The predicted molar refractivity (Wildman–Crippen MR) is 79.1 cm³/mol. The van der Waals surface area contributed by atoms with Gasteiger partial charge in [-0.3, -0.25) is 9.69 Å². The second kappa shape index (κ2) is 6.06. The normalized spacial score (nSPS) is 24.4. The highest BCUT2D eigenvalue weighted by Gasteiger charge is 2.29. The molecule has 4 heteroatoms. The summed E-state index contributed by atoms with van der Waals surface area (Å²) < 4.78 is 1.12. The SMILES string of the molecule is Cc1c(Br)cccc1CN1CC(C)CC(C(=O)O)C1. The Morgan fingerprint density at radius 3 is 2.89 bits per heavy atom. The van der Waals surface area contributed by atoms with Gasteiger partial charge in [0.2, 0.25) is 0 Å². The number of carboxylic acid groups (broad SMARTS) is 1. The van der Waals surface area contributed by atoms with Gasteiger partial charge in [0.15, 0.2) is 0 Å². The zero-order valence-electron chi connectivity index (χ0n) is 11.4. The molecule has 1 saturated heterocycles. The van der Waals surface area contributed by atoms with Crippen molar-refractivity contribution in [2.24, 2.45) is 11.8 Å². The average Bonchev–Trinajstić information content (AvgIpc) is 2.34. The van der Waals surface area contributed by atoms with Gasteiger partial charge in [-0.05, 0) is 36.5 Å². The van der Waals surface area contributed by atoms with Crippen molar-refractivity contribution >= 4 is 21.9 Å². The number of halogens is 1. The summed E-state index contributed by atoms with van der Waals surface area (Å²) in [7, 11) is 0. The molecule has 0 aromatic heterocycles. The summed E-state index contributed by atoms with van der Waals surface area (Å²) in [5.74, 6) is -0.443. The van der Waals surface area contributed by atoms with Gasteiger partial charge in [-0.2, -0.15) is 0 Å². The Balaban J connectivity index is 2.09. The van der Waals surface area contributed by atoms with Gasteiger partial charge in [-0.25, -0.2) is 0 Å². The summed E-state index contributed by atoms with van der Waals surface area (Å²) in [6, 6.07) is 6.20. The number of hydrogen-bond acceptors (Lipinski definition) is 2. The van der Waals surface area contributed by atoms with Gasteiger partial charge in [0, 0.05) is 24.1 Å². The number of carbonyl (C=O) groups is 1. The van der Waals surface area contributed by atoms with Crippen LogP contribution in [0.2, 0.25) is 0 Å². The summed E-state index contributed by atoms with van der Waals surface area (Å²) >= 11 is 3.55. The summed E-state index contributed by atoms with van der Waals surface area (Å²) in [6.07, 6.45) is 0.795. The number of nitrogens with zero attached hydrogens (tertiary/aromatic N) is 1. The fourth-order valence-electron chi connectivity index (χ4n) is 2.83. The second-order valence-electron chi connectivity index (χ2n) is 5.59. The monoisotopic (exact) mass is 325 g/mol. The van der Waals surface area contributed by atoms with Crippen LogP contribution >= 0.6 is 15.9 Å². The molecule has 1 aromatic rings. The number of benzene rings is 1. The maximum Gasteiger partial charge on any atom is 0.307 e. The first kappa shape index (κ1) is 14.5. The molecular formula is C15H20BrNO2. The first-order valence-corrected chi connectivity index (χ1v) is 7.45. The van der Waals surface area contributed by atoms with Crippen molar-refractivity contribution in [2.45, 2.75) is 26.8 Å². The molecule has 0 radical (unpaired) electrons. The molecule has 19 heavy (non-hydrogen) atoms. The van der Waals surface area contributed by atoms with Crippen LogP contribution in [0.1, 0.15) is 24.5 Å². The van der Waals surface area contributed by atoms with E-state index in [9.17, 15) is 9.90 Å². The molecule has 1 heterocycles. The van der Waals surface area contributed by atoms with E-state index in [4.69, 9.17) is 0 Å². The molecule has 1 N–H and O–H groups in total. The lowest BCUT2D eigenvalue weighted by Crippen LogP contribution is -2.42. The van der Waals surface area contributed by atoms with Crippen LogP contribution in [0.5, 0.6) is 0 Å². The Morgan fingerprint density at radius 2 is 2.21 bits per heavy atom. The third-order valence-electron chi connectivity index (χ3n) is 3.86. The van der Waals surface area contributed by atoms with Crippen LogP contribution in [0.3, 0.4) is 0 Å². The average molecular weight is 326 g/mol. The van der Waals surface area contributed by atoms with Crippen LogP contribution in [0.15, 0.2) is 22.7 Å². The Labute approximate surface area is 122 Å². The van der Waals surface area contributed by atoms with E-state index in [1.54, 1.807) is 0 Å². The van der Waals surface area contributed by atoms with Crippen molar-refractivity contribution in [1.29, 1.82) is 0 Å². The van der Waals surface area contributed by atoms with E-state index < -0.39 is 5.97 Å². The van der Waals surface area contributed by atoms with E-state index in [-0.39, 0.29) is 5.92 Å². The highest BCUT2D eigenvalue weighted by molar-refractivity contribution is 9.10. The first-order chi connectivity index (χ1) is 8.97. The number of rotatable bonds is 3. The van der Waals surface area contributed by atoms with Gasteiger partial charge in [-0.15, -0.1) is 0 Å². The molecule has 1 fully saturated rings. The molecule has 0 saturated carbocycles. The van der Waals surface area contributed by atoms with Gasteiger partial charge in [-0.1, -0.05) is 35.0 Å². The zero-order valence-corrected chi connectivity index (χ0v) is 13.0. The van der Waals surface area contributed by atoms with Gasteiger partial charge >= 0.3 is 5.97 Å². The largest absolute Gasteiger partial charge is 0.481 e. The smallest absolute Gasteiger partial charge is 0.307 e. The molecule has 2 rings (SSSR count). The molecular weight excluding hydrogens is 306 g/mol. The molecule has 0 amide bonds. The van der Waals surface area contributed by atoms with Gasteiger partial charge < -0.3 is 5.11 Å². The molecule has 0 aliphatic carbocycles. The molecule has 0 bridgehead atoms. The molecule has 0 spiro atoms. The lowest BCUT2D eigenvalue weighted by molar-refractivity contribution is -0.144. The number of likely N-dealkylation sites (tertiary alicyclic amines) is 1. The third-order valence-corrected chi connectivity index (χ3v) is 4.72. The fraction of sp³-hybridized carbons (Fsp3) is 0.533. The molecule has 1 aromatic carbocycles. The van der Waals surface area contributed by atoms with E-state index in [0.717, 1.165) is 24.0 Å². The molecule has 1 aliphatic rings. The van der Waals surface area contributed by atoms with Crippen molar-refractivity contribution < 1.29 is 9.90 Å². The third kappa shape index (κ3) is 3.57. The summed E-state index contributed by atoms with van der Waals surface area (Å²) in [5, 5.41) is 9.20. The van der Waals surface area contributed by atoms with Crippen molar-refractivity contribution in [3.8, 4) is 0 Å². The molecule has 3 nitrogen and oxygen atoms in total. The minimum atomic E-state index is -0.664. The minimum absolute atomic E-state index is 0.226. The number of carboxylic acids is 1. The van der Waals surface area contributed by atoms with Crippen LogP contribution in [0, 0.1) is 18.8 Å². The second-order valence-corrected chi connectivity index (χ2v) is 6.45. The van der Waals surface area contributed by atoms with E-state index in [1.807, 2.05) is 12.1 Å². The lowest BCUT2D eigenvalue weighted by atomic mass is 9.90. The van der Waals surface area contributed by atoms with Crippen LogP contribution < -0.4 is 0 Å². The van der Waals surface area contributed by atoms with Crippen molar-refractivity contribution in [2.75, 3.05) is 13.1 Å². The van der Waals surface area contributed by atoms with E-state index in [0.29, 0.717) is 12.5 Å². The van der Waals surface area contributed by atoms with Crippen LogP contribution in [-0.2, 0) is 11.3 Å². The maximum absolute atomic E-state index is 11.2. The Kier molecular flexibility index (Phi) is 4.63. The zero-order chi connectivity index (χ0) is 14.0. The highest BCUT2D eigenvalue weighted by Crippen LogP contribution is 2.26. The molecule has 2 unspecified atom stereocenters. The highest BCUT2D eigenvalue weighted by atomic mass is 79.9. The van der Waals surface area contributed by atoms with Crippen LogP contribution in [0.25, 0.3) is 0 Å².